The molecule has 0 amide bonds. The summed E-state index contributed by atoms with van der Waals surface area (Å²) in [4.78, 5) is 32.8. The second-order valence-electron chi connectivity index (χ2n) is 10.8. The zero-order valence-electron chi connectivity index (χ0n) is 27.2. The standard InChI is InChI=1S/C37H32BrFN4O6S/c1-3-46-37(44)30(49-35-31-32(38)33(50-36(31)42-22-41-35)23-12-14-25(39)15-13-23)20-24-8-4-6-10-28(24)48-21-26-16-17-40-34(43-26)27-9-5-7-11-29(27)47-19-18-45-2/h4-17,22,30H,3,18-21H2,1-2H3/t30-/m1/s1. The van der Waals surface area contributed by atoms with Crippen molar-refractivity contribution in [1.29, 1.82) is 0 Å². The zero-order chi connectivity index (χ0) is 34.9. The molecule has 0 N–H and O–H groups in total. The molecule has 0 saturated carbocycles. The predicted octanol–water partition coefficient (Wildman–Crippen LogP) is 7.87. The fraction of sp³-hybridized carbons (Fsp3) is 0.216. The van der Waals surface area contributed by atoms with Crippen molar-refractivity contribution < 1.29 is 32.9 Å². The molecular formula is C37H32BrFN4O6S. The van der Waals surface area contributed by atoms with E-state index in [1.165, 1.54) is 29.8 Å². The van der Waals surface area contributed by atoms with Crippen molar-refractivity contribution in [3.8, 4) is 39.2 Å². The Kier molecular flexibility index (Phi) is 11.6. The molecule has 0 bridgehead atoms. The average Bonchev–Trinajstić information content (AvgIpc) is 3.48. The molecular weight excluding hydrogens is 727 g/mol. The number of para-hydroxylation sites is 2. The van der Waals surface area contributed by atoms with Gasteiger partial charge in [-0.2, -0.15) is 0 Å². The fourth-order valence-electron chi connectivity index (χ4n) is 5.08. The molecule has 3 heterocycles. The molecule has 0 spiro atoms. The van der Waals surface area contributed by atoms with Gasteiger partial charge in [0.15, 0.2) is 5.82 Å². The minimum Gasteiger partial charge on any atom is -0.490 e. The van der Waals surface area contributed by atoms with Crippen LogP contribution in [0.1, 0.15) is 18.2 Å². The third-order valence-electron chi connectivity index (χ3n) is 7.44. The monoisotopic (exact) mass is 758 g/mol. The number of carbonyl (C=O) groups excluding carboxylic acids is 1. The van der Waals surface area contributed by atoms with E-state index in [0.29, 0.717) is 50.9 Å². The minimum absolute atomic E-state index is 0.133. The van der Waals surface area contributed by atoms with Crippen LogP contribution in [0.25, 0.3) is 32.0 Å². The summed E-state index contributed by atoms with van der Waals surface area (Å²) < 4.78 is 43.3. The highest BCUT2D eigenvalue weighted by molar-refractivity contribution is 9.10. The maximum absolute atomic E-state index is 13.6. The molecule has 0 aliphatic rings. The van der Waals surface area contributed by atoms with E-state index in [9.17, 15) is 9.18 Å². The van der Waals surface area contributed by atoms with Crippen LogP contribution in [0, 0.1) is 5.82 Å². The van der Waals surface area contributed by atoms with Gasteiger partial charge in [-0.25, -0.2) is 29.1 Å². The molecule has 0 aliphatic carbocycles. The molecule has 6 aromatic rings. The molecule has 3 aromatic heterocycles. The summed E-state index contributed by atoms with van der Waals surface area (Å²) in [7, 11) is 1.62. The minimum atomic E-state index is -1.06. The van der Waals surface area contributed by atoms with Crippen LogP contribution < -0.4 is 14.2 Å². The van der Waals surface area contributed by atoms with E-state index < -0.39 is 12.1 Å². The Morgan fingerprint density at radius 2 is 1.70 bits per heavy atom. The Bertz CT molecular complexity index is 2080. The Hall–Kier alpha value is -4.98. The lowest BCUT2D eigenvalue weighted by molar-refractivity contribution is -0.151. The number of halogens is 2. The van der Waals surface area contributed by atoms with E-state index in [1.54, 1.807) is 38.4 Å². The first-order valence-corrected chi connectivity index (χ1v) is 17.3. The highest BCUT2D eigenvalue weighted by Crippen LogP contribution is 2.44. The van der Waals surface area contributed by atoms with E-state index in [4.69, 9.17) is 28.7 Å². The van der Waals surface area contributed by atoms with Gasteiger partial charge in [-0.1, -0.05) is 42.5 Å². The molecule has 0 unspecified atom stereocenters. The van der Waals surface area contributed by atoms with E-state index in [1.807, 2.05) is 48.5 Å². The first-order valence-electron chi connectivity index (χ1n) is 15.7. The lowest BCUT2D eigenvalue weighted by Gasteiger charge is -2.19. The van der Waals surface area contributed by atoms with Gasteiger partial charge in [0.05, 0.1) is 39.2 Å². The number of esters is 1. The summed E-state index contributed by atoms with van der Waals surface area (Å²) >= 11 is 5.07. The van der Waals surface area contributed by atoms with Crippen LogP contribution in [-0.4, -0.2) is 58.9 Å². The van der Waals surface area contributed by atoms with Gasteiger partial charge in [0.1, 0.15) is 41.7 Å². The van der Waals surface area contributed by atoms with Crippen molar-refractivity contribution in [2.45, 2.75) is 26.1 Å². The molecule has 6 rings (SSSR count). The highest BCUT2D eigenvalue weighted by atomic mass is 79.9. The Morgan fingerprint density at radius 1 is 0.920 bits per heavy atom. The van der Waals surface area contributed by atoms with Gasteiger partial charge >= 0.3 is 5.97 Å². The average molecular weight is 760 g/mol. The first kappa shape index (κ1) is 34.9. The number of fused-ring (bicyclic) bond motifs is 1. The van der Waals surface area contributed by atoms with Crippen molar-refractivity contribution in [3.05, 3.63) is 113 Å². The van der Waals surface area contributed by atoms with Crippen LogP contribution >= 0.6 is 27.3 Å². The predicted molar refractivity (Wildman–Crippen MR) is 191 cm³/mol. The number of benzene rings is 3. The van der Waals surface area contributed by atoms with Gasteiger partial charge in [-0.3, -0.25) is 0 Å². The first-order chi connectivity index (χ1) is 24.4. The maximum Gasteiger partial charge on any atom is 0.347 e. The fourth-order valence-corrected chi connectivity index (χ4v) is 7.07. The SMILES string of the molecule is CCOC(=O)[C@@H](Cc1ccccc1OCc1ccnc(-c2ccccc2OCCOC)n1)Oc1ncnc2sc(-c3ccc(F)cc3)c(Br)c12. The van der Waals surface area contributed by atoms with Crippen LogP contribution in [0.2, 0.25) is 0 Å². The lowest BCUT2D eigenvalue weighted by atomic mass is 10.1. The Morgan fingerprint density at radius 3 is 2.50 bits per heavy atom. The van der Waals surface area contributed by atoms with Gasteiger partial charge in [-0.05, 0) is 70.4 Å². The van der Waals surface area contributed by atoms with Gasteiger partial charge < -0.3 is 23.7 Å². The number of methoxy groups -OCH3 is 1. The second-order valence-corrected chi connectivity index (χ2v) is 12.6. The summed E-state index contributed by atoms with van der Waals surface area (Å²) in [6.45, 7) is 2.90. The van der Waals surface area contributed by atoms with Crippen molar-refractivity contribution in [2.75, 3.05) is 26.9 Å². The molecule has 1 atom stereocenters. The van der Waals surface area contributed by atoms with Crippen molar-refractivity contribution in [1.82, 2.24) is 19.9 Å². The van der Waals surface area contributed by atoms with E-state index in [0.717, 1.165) is 21.6 Å². The zero-order valence-corrected chi connectivity index (χ0v) is 29.6. The molecule has 0 fully saturated rings. The molecule has 3 aromatic carbocycles. The molecule has 256 valence electrons. The summed E-state index contributed by atoms with van der Waals surface area (Å²) in [5, 5.41) is 0.598. The number of rotatable bonds is 15. The van der Waals surface area contributed by atoms with Crippen LogP contribution in [0.4, 0.5) is 4.39 Å². The van der Waals surface area contributed by atoms with Crippen LogP contribution in [0.5, 0.6) is 17.4 Å². The van der Waals surface area contributed by atoms with Gasteiger partial charge in [-0.15, -0.1) is 11.3 Å². The third-order valence-corrected chi connectivity index (χ3v) is 9.65. The van der Waals surface area contributed by atoms with Crippen LogP contribution in [0.15, 0.2) is 95.9 Å². The van der Waals surface area contributed by atoms with E-state index in [2.05, 4.69) is 30.9 Å². The van der Waals surface area contributed by atoms with Crippen LogP contribution in [-0.2, 0) is 27.3 Å². The quantitative estimate of drug-likeness (QED) is 0.0757. The van der Waals surface area contributed by atoms with Crippen LogP contribution in [0.3, 0.4) is 0 Å². The molecule has 0 radical (unpaired) electrons. The molecule has 10 nitrogen and oxygen atoms in total. The maximum atomic E-state index is 13.6. The second kappa shape index (κ2) is 16.6. The number of nitrogens with zero attached hydrogens (tertiary/aromatic N) is 4. The van der Waals surface area contributed by atoms with Crippen molar-refractivity contribution in [3.63, 3.8) is 0 Å². The van der Waals surface area contributed by atoms with Gasteiger partial charge in [0, 0.05) is 19.7 Å². The van der Waals surface area contributed by atoms with Crippen molar-refractivity contribution >= 4 is 43.5 Å². The Labute approximate surface area is 300 Å². The Balaban J connectivity index is 1.23. The number of aromatic nitrogens is 4. The smallest absolute Gasteiger partial charge is 0.347 e. The van der Waals surface area contributed by atoms with Gasteiger partial charge in [0.2, 0.25) is 12.0 Å². The summed E-state index contributed by atoms with van der Waals surface area (Å²) in [6.07, 6.45) is 2.14. The molecule has 0 saturated heterocycles. The third kappa shape index (κ3) is 8.24. The molecule has 50 heavy (non-hydrogen) atoms. The van der Waals surface area contributed by atoms with Crippen molar-refractivity contribution in [2.24, 2.45) is 0 Å². The number of carbonyl (C=O) groups is 1. The summed E-state index contributed by atoms with van der Waals surface area (Å²) in [5.41, 5.74) is 2.92. The number of hydrogen-bond donors (Lipinski definition) is 0. The van der Waals surface area contributed by atoms with E-state index in [-0.39, 0.29) is 31.3 Å². The molecule has 0 aliphatic heterocycles. The number of hydrogen-bond acceptors (Lipinski definition) is 11. The molecule has 13 heteroatoms. The number of thiophene rings is 1. The topological polar surface area (TPSA) is 115 Å². The largest absolute Gasteiger partial charge is 0.490 e. The van der Waals surface area contributed by atoms with Gasteiger partial charge in [0.25, 0.3) is 0 Å². The summed E-state index contributed by atoms with van der Waals surface area (Å²) in [6, 6.07) is 22.9. The normalized spacial score (nSPS) is 11.7. The van der Waals surface area contributed by atoms with E-state index >= 15 is 0 Å². The number of ether oxygens (including phenoxy) is 5. The summed E-state index contributed by atoms with van der Waals surface area (Å²) in [5.74, 6) is 1.04. The highest BCUT2D eigenvalue weighted by Gasteiger charge is 2.27. The lowest BCUT2D eigenvalue weighted by Crippen LogP contribution is -2.32.